The molecule has 5 heteroatoms. The first-order valence-corrected chi connectivity index (χ1v) is 5.48. The zero-order valence-corrected chi connectivity index (χ0v) is 9.88. The van der Waals surface area contributed by atoms with E-state index in [1.54, 1.807) is 26.0 Å². The smallest absolute Gasteiger partial charge is 0.388 e. The molecule has 0 bridgehead atoms. The van der Waals surface area contributed by atoms with E-state index in [1.165, 1.54) is 0 Å². The minimum atomic E-state index is -4.15. The summed E-state index contributed by atoms with van der Waals surface area (Å²) in [5, 5.41) is 9.77. The Hall–Kier alpha value is -1.10. The van der Waals surface area contributed by atoms with E-state index in [0.717, 1.165) is 11.4 Å². The van der Waals surface area contributed by atoms with Gasteiger partial charge in [0.1, 0.15) is 0 Å². The molecule has 1 aromatic rings. The van der Waals surface area contributed by atoms with Gasteiger partial charge >= 0.3 is 6.18 Å². The van der Waals surface area contributed by atoms with E-state index in [-0.39, 0.29) is 12.8 Å². The van der Waals surface area contributed by atoms with E-state index in [0.29, 0.717) is 5.56 Å². The van der Waals surface area contributed by atoms with Crippen molar-refractivity contribution in [1.29, 1.82) is 0 Å². The maximum Gasteiger partial charge on any atom is 0.389 e. The number of alkyl halides is 3. The second-order valence-electron chi connectivity index (χ2n) is 4.21. The van der Waals surface area contributed by atoms with Crippen molar-refractivity contribution in [3.63, 3.8) is 0 Å². The van der Waals surface area contributed by atoms with Crippen molar-refractivity contribution in [2.75, 3.05) is 0 Å². The average molecular weight is 247 g/mol. The Morgan fingerprint density at radius 2 is 1.76 bits per heavy atom. The second-order valence-corrected chi connectivity index (χ2v) is 4.21. The Kier molecular flexibility index (Phi) is 4.51. The van der Waals surface area contributed by atoms with Crippen LogP contribution in [0.2, 0.25) is 0 Å². The standard InChI is InChI=1S/C12H16F3NO/c1-8-6-10(7-9(2)16-8)11(17)4-3-5-12(13,14)15/h6-7,11,17H,3-5H2,1-2H3. The third-order valence-electron chi connectivity index (χ3n) is 2.43. The van der Waals surface area contributed by atoms with Crippen LogP contribution >= 0.6 is 0 Å². The Morgan fingerprint density at radius 3 is 2.24 bits per heavy atom. The van der Waals surface area contributed by atoms with E-state index in [4.69, 9.17) is 0 Å². The van der Waals surface area contributed by atoms with Gasteiger partial charge in [-0.15, -0.1) is 0 Å². The Balaban J connectivity index is 2.55. The third-order valence-corrected chi connectivity index (χ3v) is 2.43. The van der Waals surface area contributed by atoms with Gasteiger partial charge in [0.2, 0.25) is 0 Å². The lowest BCUT2D eigenvalue weighted by molar-refractivity contribution is -0.136. The molecule has 0 aliphatic rings. The van der Waals surface area contributed by atoms with Crippen LogP contribution in [0, 0.1) is 13.8 Å². The molecule has 1 unspecified atom stereocenters. The van der Waals surface area contributed by atoms with Crippen LogP contribution in [0.3, 0.4) is 0 Å². The zero-order valence-electron chi connectivity index (χ0n) is 9.88. The van der Waals surface area contributed by atoms with Crippen LogP contribution < -0.4 is 0 Å². The lowest BCUT2D eigenvalue weighted by atomic mass is 10.0. The molecule has 17 heavy (non-hydrogen) atoms. The van der Waals surface area contributed by atoms with E-state index >= 15 is 0 Å². The van der Waals surface area contributed by atoms with Crippen molar-refractivity contribution in [1.82, 2.24) is 4.98 Å². The lowest BCUT2D eigenvalue weighted by Gasteiger charge is -2.13. The highest BCUT2D eigenvalue weighted by Crippen LogP contribution is 2.26. The van der Waals surface area contributed by atoms with Crippen molar-refractivity contribution >= 4 is 0 Å². The predicted octanol–water partition coefficient (Wildman–Crippen LogP) is 3.46. The topological polar surface area (TPSA) is 33.1 Å². The fourth-order valence-electron chi connectivity index (χ4n) is 1.72. The molecule has 0 saturated heterocycles. The van der Waals surface area contributed by atoms with Crippen molar-refractivity contribution in [2.24, 2.45) is 0 Å². The molecule has 1 rings (SSSR count). The molecule has 0 spiro atoms. The molecule has 1 aromatic heterocycles. The Bertz CT molecular complexity index is 356. The highest BCUT2D eigenvalue weighted by molar-refractivity contribution is 5.22. The molecule has 0 saturated carbocycles. The number of halogens is 3. The van der Waals surface area contributed by atoms with Crippen molar-refractivity contribution < 1.29 is 18.3 Å². The van der Waals surface area contributed by atoms with Crippen LogP contribution in [-0.4, -0.2) is 16.3 Å². The summed E-state index contributed by atoms with van der Waals surface area (Å²) in [6.07, 6.45) is -5.80. The molecule has 0 radical (unpaired) electrons. The molecule has 0 fully saturated rings. The predicted molar refractivity (Wildman–Crippen MR) is 58.6 cm³/mol. The minimum Gasteiger partial charge on any atom is -0.388 e. The molecular formula is C12H16F3NO. The number of hydrogen-bond acceptors (Lipinski definition) is 2. The van der Waals surface area contributed by atoms with Crippen molar-refractivity contribution in [2.45, 2.75) is 45.4 Å². The van der Waals surface area contributed by atoms with E-state index < -0.39 is 18.7 Å². The van der Waals surface area contributed by atoms with Gasteiger partial charge in [-0.25, -0.2) is 0 Å². The zero-order chi connectivity index (χ0) is 13.1. The molecule has 0 aliphatic carbocycles. The summed E-state index contributed by atoms with van der Waals surface area (Å²) in [6.45, 7) is 3.58. The van der Waals surface area contributed by atoms with Gasteiger partial charge in [-0.3, -0.25) is 4.98 Å². The first-order chi connectivity index (χ1) is 7.78. The Labute approximate surface area is 98.5 Å². The summed E-state index contributed by atoms with van der Waals surface area (Å²) in [5.41, 5.74) is 2.15. The van der Waals surface area contributed by atoms with Crippen LogP contribution in [0.4, 0.5) is 13.2 Å². The molecule has 1 atom stereocenters. The van der Waals surface area contributed by atoms with Gasteiger partial charge in [0.15, 0.2) is 0 Å². The maximum atomic E-state index is 11.9. The summed E-state index contributed by atoms with van der Waals surface area (Å²) in [6, 6.07) is 3.40. The summed E-state index contributed by atoms with van der Waals surface area (Å²) >= 11 is 0. The summed E-state index contributed by atoms with van der Waals surface area (Å²) < 4.78 is 35.8. The van der Waals surface area contributed by atoms with E-state index in [1.807, 2.05) is 0 Å². The molecular weight excluding hydrogens is 231 g/mol. The monoisotopic (exact) mass is 247 g/mol. The third kappa shape index (κ3) is 5.17. The van der Waals surface area contributed by atoms with E-state index in [9.17, 15) is 18.3 Å². The molecule has 0 aromatic carbocycles. The molecule has 96 valence electrons. The number of aryl methyl sites for hydroxylation is 2. The number of nitrogens with zero attached hydrogens (tertiary/aromatic N) is 1. The van der Waals surface area contributed by atoms with Gasteiger partial charge in [-0.2, -0.15) is 13.2 Å². The summed E-state index contributed by atoms with van der Waals surface area (Å²) in [7, 11) is 0. The SMILES string of the molecule is Cc1cc(C(O)CCCC(F)(F)F)cc(C)n1. The first-order valence-electron chi connectivity index (χ1n) is 5.48. The van der Waals surface area contributed by atoms with Crippen LogP contribution in [0.1, 0.15) is 42.3 Å². The second kappa shape index (κ2) is 5.49. The van der Waals surface area contributed by atoms with Crippen LogP contribution in [-0.2, 0) is 0 Å². The number of pyridine rings is 1. The van der Waals surface area contributed by atoms with Gasteiger partial charge < -0.3 is 5.11 Å². The molecule has 0 aliphatic heterocycles. The molecule has 1 heterocycles. The maximum absolute atomic E-state index is 11.9. The summed E-state index contributed by atoms with van der Waals surface area (Å²) in [5.74, 6) is 0. The molecule has 2 nitrogen and oxygen atoms in total. The number of aliphatic hydroxyl groups excluding tert-OH is 1. The van der Waals surface area contributed by atoms with E-state index in [2.05, 4.69) is 4.98 Å². The molecule has 1 N–H and O–H groups in total. The van der Waals surface area contributed by atoms with Crippen LogP contribution in [0.5, 0.6) is 0 Å². The normalized spacial score (nSPS) is 13.8. The van der Waals surface area contributed by atoms with Gasteiger partial charge in [0.05, 0.1) is 6.10 Å². The first kappa shape index (κ1) is 14.0. The quantitative estimate of drug-likeness (QED) is 0.883. The van der Waals surface area contributed by atoms with Gasteiger partial charge in [0, 0.05) is 17.8 Å². The number of aromatic nitrogens is 1. The van der Waals surface area contributed by atoms with Crippen molar-refractivity contribution in [3.8, 4) is 0 Å². The fourth-order valence-corrected chi connectivity index (χ4v) is 1.72. The highest BCUT2D eigenvalue weighted by Gasteiger charge is 2.26. The Morgan fingerprint density at radius 1 is 1.24 bits per heavy atom. The average Bonchev–Trinajstić information content (AvgIpc) is 2.13. The highest BCUT2D eigenvalue weighted by atomic mass is 19.4. The van der Waals surface area contributed by atoms with Gasteiger partial charge in [-0.1, -0.05) is 0 Å². The minimum absolute atomic E-state index is 0.0644. The van der Waals surface area contributed by atoms with Crippen LogP contribution in [0.15, 0.2) is 12.1 Å². The number of aliphatic hydroxyl groups is 1. The number of rotatable bonds is 4. The van der Waals surface area contributed by atoms with Gasteiger partial charge in [0.25, 0.3) is 0 Å². The number of hydrogen-bond donors (Lipinski definition) is 1. The largest absolute Gasteiger partial charge is 0.389 e. The van der Waals surface area contributed by atoms with Crippen molar-refractivity contribution in [3.05, 3.63) is 29.1 Å². The summed E-state index contributed by atoms with van der Waals surface area (Å²) in [4.78, 5) is 4.15. The van der Waals surface area contributed by atoms with Gasteiger partial charge in [-0.05, 0) is 44.4 Å². The molecule has 0 amide bonds. The fraction of sp³-hybridized carbons (Fsp3) is 0.583. The lowest BCUT2D eigenvalue weighted by Crippen LogP contribution is -2.08. The van der Waals surface area contributed by atoms with Crippen LogP contribution in [0.25, 0.3) is 0 Å².